The number of rotatable bonds is 8. The Morgan fingerprint density at radius 2 is 1.76 bits per heavy atom. The zero-order valence-corrected chi connectivity index (χ0v) is 14.3. The molecule has 21 heavy (non-hydrogen) atoms. The van der Waals surface area contributed by atoms with Gasteiger partial charge in [0.15, 0.2) is 9.84 Å². The summed E-state index contributed by atoms with van der Waals surface area (Å²) in [7, 11) is -3.20. The first kappa shape index (κ1) is 18.1. The molecule has 0 amide bonds. The first-order valence-corrected chi connectivity index (χ1v) is 9.35. The van der Waals surface area contributed by atoms with Gasteiger partial charge in [-0.25, -0.2) is 8.42 Å². The van der Waals surface area contributed by atoms with Crippen molar-refractivity contribution in [2.75, 3.05) is 25.9 Å². The molecule has 4 nitrogen and oxygen atoms in total. The third kappa shape index (κ3) is 5.41. The van der Waals surface area contributed by atoms with Gasteiger partial charge in [0.05, 0.1) is 10.5 Å². The predicted molar refractivity (Wildman–Crippen MR) is 86.1 cm³/mol. The molecular formula is C16H27NO3S. The van der Waals surface area contributed by atoms with E-state index in [1.54, 1.807) is 31.2 Å². The van der Waals surface area contributed by atoms with Crippen LogP contribution >= 0.6 is 0 Å². The van der Waals surface area contributed by atoms with Crippen LogP contribution in [0.3, 0.4) is 0 Å². The van der Waals surface area contributed by atoms with E-state index < -0.39 is 15.4 Å². The van der Waals surface area contributed by atoms with Gasteiger partial charge in [0.2, 0.25) is 0 Å². The van der Waals surface area contributed by atoms with Crippen molar-refractivity contribution in [2.24, 2.45) is 0 Å². The minimum atomic E-state index is -3.20. The van der Waals surface area contributed by atoms with Crippen molar-refractivity contribution in [3.05, 3.63) is 29.8 Å². The Hall–Kier alpha value is -0.910. The molecule has 120 valence electrons. The van der Waals surface area contributed by atoms with E-state index in [1.807, 2.05) is 0 Å². The van der Waals surface area contributed by atoms with E-state index in [9.17, 15) is 13.5 Å². The molecule has 0 aliphatic heterocycles. The van der Waals surface area contributed by atoms with Gasteiger partial charge in [0.1, 0.15) is 0 Å². The Bertz CT molecular complexity index is 535. The number of hydrogen-bond donors (Lipinski definition) is 1. The summed E-state index contributed by atoms with van der Waals surface area (Å²) in [5.41, 5.74) is -0.246. The number of benzene rings is 1. The van der Waals surface area contributed by atoms with E-state index >= 15 is 0 Å². The topological polar surface area (TPSA) is 57.6 Å². The lowest BCUT2D eigenvalue weighted by Gasteiger charge is -2.31. The highest BCUT2D eigenvalue weighted by atomic mass is 32.2. The SMILES string of the molecule is CCCCN(CC)CC(C)(O)c1ccc(S(C)(=O)=O)cc1. The van der Waals surface area contributed by atoms with Crippen molar-refractivity contribution in [3.8, 4) is 0 Å². The number of aliphatic hydroxyl groups is 1. The van der Waals surface area contributed by atoms with Gasteiger partial charge in [-0.3, -0.25) is 0 Å². The van der Waals surface area contributed by atoms with Crippen molar-refractivity contribution in [3.63, 3.8) is 0 Å². The van der Waals surface area contributed by atoms with E-state index in [1.165, 1.54) is 6.26 Å². The highest BCUT2D eigenvalue weighted by Gasteiger charge is 2.26. The number of unbranched alkanes of at least 4 members (excludes halogenated alkanes) is 1. The third-order valence-electron chi connectivity index (χ3n) is 3.71. The molecule has 0 fully saturated rings. The minimum Gasteiger partial charge on any atom is -0.384 e. The van der Waals surface area contributed by atoms with Gasteiger partial charge < -0.3 is 10.0 Å². The summed E-state index contributed by atoms with van der Waals surface area (Å²) in [4.78, 5) is 2.49. The Morgan fingerprint density at radius 1 is 1.19 bits per heavy atom. The summed E-state index contributed by atoms with van der Waals surface area (Å²) in [6, 6.07) is 6.51. The third-order valence-corrected chi connectivity index (χ3v) is 4.84. The lowest BCUT2D eigenvalue weighted by Crippen LogP contribution is -2.39. The molecule has 1 aromatic rings. The van der Waals surface area contributed by atoms with Crippen molar-refractivity contribution in [1.82, 2.24) is 4.90 Å². The highest BCUT2D eigenvalue weighted by molar-refractivity contribution is 7.90. The molecule has 0 heterocycles. The molecule has 1 aromatic carbocycles. The highest BCUT2D eigenvalue weighted by Crippen LogP contribution is 2.23. The molecule has 0 bridgehead atoms. The Kier molecular flexibility index (Phi) is 6.38. The molecule has 0 aliphatic rings. The van der Waals surface area contributed by atoms with Gasteiger partial charge in [0, 0.05) is 12.8 Å². The maximum Gasteiger partial charge on any atom is 0.175 e. The van der Waals surface area contributed by atoms with Crippen molar-refractivity contribution >= 4 is 9.84 Å². The monoisotopic (exact) mass is 313 g/mol. The first-order valence-electron chi connectivity index (χ1n) is 7.46. The second kappa shape index (κ2) is 7.38. The molecule has 1 rings (SSSR count). The van der Waals surface area contributed by atoms with Gasteiger partial charge in [-0.1, -0.05) is 32.4 Å². The fourth-order valence-electron chi connectivity index (χ4n) is 2.32. The van der Waals surface area contributed by atoms with Gasteiger partial charge >= 0.3 is 0 Å². The second-order valence-corrected chi connectivity index (χ2v) is 7.81. The molecule has 0 radical (unpaired) electrons. The molecular weight excluding hydrogens is 286 g/mol. The van der Waals surface area contributed by atoms with Crippen molar-refractivity contribution in [2.45, 2.75) is 44.1 Å². The van der Waals surface area contributed by atoms with E-state index in [-0.39, 0.29) is 4.90 Å². The average molecular weight is 313 g/mol. The Balaban J connectivity index is 2.86. The molecule has 5 heteroatoms. The summed E-state index contributed by atoms with van der Waals surface area (Å²) >= 11 is 0. The fraction of sp³-hybridized carbons (Fsp3) is 0.625. The summed E-state index contributed by atoms with van der Waals surface area (Å²) in [6.45, 7) is 8.40. The number of hydrogen-bond acceptors (Lipinski definition) is 4. The van der Waals surface area contributed by atoms with E-state index in [0.29, 0.717) is 6.54 Å². The Labute approximate surface area is 128 Å². The average Bonchev–Trinajstić information content (AvgIpc) is 2.42. The van der Waals surface area contributed by atoms with E-state index in [2.05, 4.69) is 18.7 Å². The van der Waals surface area contributed by atoms with Gasteiger partial charge in [-0.15, -0.1) is 0 Å². The lowest BCUT2D eigenvalue weighted by molar-refractivity contribution is 0.0169. The maximum absolute atomic E-state index is 11.5. The molecule has 1 unspecified atom stereocenters. The smallest absolute Gasteiger partial charge is 0.175 e. The van der Waals surface area contributed by atoms with Crippen molar-refractivity contribution in [1.29, 1.82) is 0 Å². The van der Waals surface area contributed by atoms with Crippen LogP contribution in [0.1, 0.15) is 39.2 Å². The number of likely N-dealkylation sites (N-methyl/N-ethyl adjacent to an activating group) is 1. The van der Waals surface area contributed by atoms with Gasteiger partial charge in [0.25, 0.3) is 0 Å². The summed E-state index contributed by atoms with van der Waals surface area (Å²) in [6.07, 6.45) is 3.42. The normalized spacial score (nSPS) is 15.1. The van der Waals surface area contributed by atoms with Crippen LogP contribution in [0, 0.1) is 0 Å². The molecule has 0 saturated heterocycles. The summed E-state index contributed by atoms with van der Waals surface area (Å²) < 4.78 is 22.9. The van der Waals surface area contributed by atoms with Crippen LogP contribution in [0.15, 0.2) is 29.2 Å². The minimum absolute atomic E-state index is 0.278. The van der Waals surface area contributed by atoms with Crippen LogP contribution < -0.4 is 0 Å². The largest absolute Gasteiger partial charge is 0.384 e. The van der Waals surface area contributed by atoms with Crippen molar-refractivity contribution < 1.29 is 13.5 Å². The first-order chi connectivity index (χ1) is 9.70. The number of nitrogens with zero attached hydrogens (tertiary/aromatic N) is 1. The van der Waals surface area contributed by atoms with E-state index in [4.69, 9.17) is 0 Å². The van der Waals surface area contributed by atoms with Crippen LogP contribution in [0.25, 0.3) is 0 Å². The summed E-state index contributed by atoms with van der Waals surface area (Å²) in [5, 5.41) is 10.7. The second-order valence-electron chi connectivity index (χ2n) is 5.79. The fourth-order valence-corrected chi connectivity index (χ4v) is 2.95. The zero-order chi connectivity index (χ0) is 16.1. The zero-order valence-electron chi connectivity index (χ0n) is 13.5. The van der Waals surface area contributed by atoms with Crippen LogP contribution in [0.2, 0.25) is 0 Å². The molecule has 1 atom stereocenters. The van der Waals surface area contributed by atoms with Crippen LogP contribution in [-0.2, 0) is 15.4 Å². The molecule has 0 saturated carbocycles. The van der Waals surface area contributed by atoms with Gasteiger partial charge in [-0.05, 0) is 44.1 Å². The predicted octanol–water partition coefficient (Wildman–Crippen LogP) is 2.42. The quantitative estimate of drug-likeness (QED) is 0.801. The number of sulfone groups is 1. The molecule has 0 aromatic heterocycles. The molecule has 1 N–H and O–H groups in total. The molecule has 0 spiro atoms. The lowest BCUT2D eigenvalue weighted by atomic mass is 9.95. The van der Waals surface area contributed by atoms with Crippen LogP contribution in [-0.4, -0.2) is 44.3 Å². The van der Waals surface area contributed by atoms with Crippen LogP contribution in [0.4, 0.5) is 0 Å². The summed E-state index contributed by atoms with van der Waals surface area (Å²) in [5.74, 6) is 0. The standard InChI is InChI=1S/C16H27NO3S/c1-5-7-12-17(6-2)13-16(3,18)14-8-10-15(11-9-14)21(4,19)20/h8-11,18H,5-7,12-13H2,1-4H3. The molecule has 0 aliphatic carbocycles. The Morgan fingerprint density at radius 3 is 2.19 bits per heavy atom. The van der Waals surface area contributed by atoms with E-state index in [0.717, 1.165) is 31.5 Å². The van der Waals surface area contributed by atoms with Gasteiger partial charge in [-0.2, -0.15) is 0 Å². The maximum atomic E-state index is 11.5. The van der Waals surface area contributed by atoms with Crippen LogP contribution in [0.5, 0.6) is 0 Å².